The van der Waals surface area contributed by atoms with Gasteiger partial charge in [-0.3, -0.25) is 9.69 Å². The van der Waals surface area contributed by atoms with Crippen LogP contribution in [0.5, 0.6) is 0 Å². The minimum Gasteiger partial charge on any atom is -0.323 e. The van der Waals surface area contributed by atoms with Gasteiger partial charge < -0.3 is 5.32 Å². The number of urea groups is 1. The number of imide groups is 1. The van der Waals surface area contributed by atoms with E-state index >= 15 is 0 Å². The van der Waals surface area contributed by atoms with E-state index in [1.165, 1.54) is 9.21 Å². The van der Waals surface area contributed by atoms with Crippen LogP contribution >= 0.6 is 0 Å². The summed E-state index contributed by atoms with van der Waals surface area (Å²) in [5.74, 6) is -0.143. The van der Waals surface area contributed by atoms with Gasteiger partial charge in [-0.1, -0.05) is 36.8 Å². The lowest BCUT2D eigenvalue weighted by Crippen LogP contribution is -2.56. The van der Waals surface area contributed by atoms with Crippen molar-refractivity contribution in [2.24, 2.45) is 0 Å². The molecule has 1 spiro atoms. The molecule has 0 atom stereocenters. The maximum Gasteiger partial charge on any atom is 0.325 e. The van der Waals surface area contributed by atoms with Gasteiger partial charge in [-0.05, 0) is 31.7 Å². The van der Waals surface area contributed by atoms with E-state index in [2.05, 4.69) is 5.32 Å². The van der Waals surface area contributed by atoms with Crippen molar-refractivity contribution in [2.75, 3.05) is 18.8 Å². The summed E-state index contributed by atoms with van der Waals surface area (Å²) in [5, 5.41) is 2.82. The van der Waals surface area contributed by atoms with Crippen LogP contribution in [-0.2, 0) is 21.4 Å². The predicted octanol–water partition coefficient (Wildman–Crippen LogP) is 1.62. The number of aryl methyl sites for hydroxylation is 1. The highest BCUT2D eigenvalue weighted by atomic mass is 32.2. The molecule has 0 radical (unpaired) electrons. The molecule has 0 unspecified atom stereocenters. The molecule has 2 aliphatic rings. The van der Waals surface area contributed by atoms with Crippen LogP contribution in [0.25, 0.3) is 0 Å². The van der Waals surface area contributed by atoms with E-state index in [-0.39, 0.29) is 31.3 Å². The Balaban J connectivity index is 1.70. The number of rotatable bonds is 5. The first kappa shape index (κ1) is 18.8. The van der Waals surface area contributed by atoms with E-state index < -0.39 is 21.6 Å². The first-order valence-electron chi connectivity index (χ1n) is 8.95. The summed E-state index contributed by atoms with van der Waals surface area (Å²) in [6.45, 7) is 4.55. The molecule has 2 heterocycles. The summed E-state index contributed by atoms with van der Waals surface area (Å²) in [4.78, 5) is 26.5. The van der Waals surface area contributed by atoms with Crippen LogP contribution in [0, 0.1) is 6.92 Å². The Morgan fingerprint density at radius 3 is 2.31 bits per heavy atom. The number of nitrogens with zero attached hydrogens (tertiary/aromatic N) is 2. The number of benzene rings is 1. The normalized spacial score (nSPS) is 20.6. The van der Waals surface area contributed by atoms with Crippen molar-refractivity contribution >= 4 is 22.0 Å². The lowest BCUT2D eigenvalue weighted by molar-refractivity contribution is -0.133. The molecule has 1 aromatic carbocycles. The third-order valence-corrected chi connectivity index (χ3v) is 7.21. The Morgan fingerprint density at radius 2 is 1.73 bits per heavy atom. The number of carbonyl (C=O) groups excluding carboxylic acids is 2. The molecule has 2 saturated heterocycles. The van der Waals surface area contributed by atoms with Crippen molar-refractivity contribution in [2.45, 2.75) is 45.2 Å². The quantitative estimate of drug-likeness (QED) is 0.788. The second-order valence-electron chi connectivity index (χ2n) is 7.10. The number of hydrogen-bond donors (Lipinski definition) is 1. The predicted molar refractivity (Wildman–Crippen MR) is 97.9 cm³/mol. The largest absolute Gasteiger partial charge is 0.325 e. The minimum absolute atomic E-state index is 0.111. The van der Waals surface area contributed by atoms with E-state index in [4.69, 9.17) is 0 Å². The highest BCUT2D eigenvalue weighted by molar-refractivity contribution is 7.89. The Hall–Kier alpha value is -1.93. The lowest BCUT2D eigenvalue weighted by Gasteiger charge is -2.36. The molecule has 0 saturated carbocycles. The fourth-order valence-electron chi connectivity index (χ4n) is 3.57. The number of hydrogen-bond acceptors (Lipinski definition) is 4. The molecule has 3 rings (SSSR count). The minimum atomic E-state index is -3.28. The van der Waals surface area contributed by atoms with E-state index in [1.807, 2.05) is 38.1 Å². The van der Waals surface area contributed by atoms with Gasteiger partial charge in [-0.15, -0.1) is 0 Å². The Kier molecular flexibility index (Phi) is 5.07. The summed E-state index contributed by atoms with van der Waals surface area (Å²) in [5.41, 5.74) is 1.03. The third kappa shape index (κ3) is 3.48. The summed E-state index contributed by atoms with van der Waals surface area (Å²) in [7, 11) is -3.28. The van der Waals surface area contributed by atoms with Gasteiger partial charge >= 0.3 is 6.03 Å². The number of carbonyl (C=O) groups is 2. The fraction of sp³-hybridized carbons (Fsp3) is 0.556. The monoisotopic (exact) mass is 379 g/mol. The lowest BCUT2D eigenvalue weighted by atomic mass is 9.88. The summed E-state index contributed by atoms with van der Waals surface area (Å²) in [6.07, 6.45) is 1.18. The van der Waals surface area contributed by atoms with Crippen molar-refractivity contribution in [1.29, 1.82) is 0 Å². The van der Waals surface area contributed by atoms with Crippen LogP contribution < -0.4 is 5.32 Å². The van der Waals surface area contributed by atoms with E-state index in [0.717, 1.165) is 11.1 Å². The third-order valence-electron chi connectivity index (χ3n) is 5.14. The van der Waals surface area contributed by atoms with Crippen molar-refractivity contribution in [3.63, 3.8) is 0 Å². The van der Waals surface area contributed by atoms with E-state index in [1.54, 1.807) is 0 Å². The topological polar surface area (TPSA) is 86.8 Å². The Bertz CT molecular complexity index is 796. The zero-order valence-electron chi connectivity index (χ0n) is 15.2. The highest BCUT2D eigenvalue weighted by Gasteiger charge is 2.53. The first-order chi connectivity index (χ1) is 12.3. The number of piperidine rings is 1. The molecule has 0 bridgehead atoms. The van der Waals surface area contributed by atoms with Gasteiger partial charge in [-0.25, -0.2) is 17.5 Å². The fourth-order valence-corrected chi connectivity index (χ4v) is 5.08. The number of nitrogens with one attached hydrogen (secondary N) is 1. The maximum atomic E-state index is 12.9. The molecule has 0 aromatic heterocycles. The second-order valence-corrected chi connectivity index (χ2v) is 9.19. The van der Waals surface area contributed by atoms with Gasteiger partial charge in [0.15, 0.2) is 0 Å². The van der Waals surface area contributed by atoms with Gasteiger partial charge in [0.1, 0.15) is 5.54 Å². The number of amides is 3. The van der Waals surface area contributed by atoms with Crippen molar-refractivity contribution in [3.05, 3.63) is 35.4 Å². The van der Waals surface area contributed by atoms with E-state index in [0.29, 0.717) is 19.3 Å². The summed E-state index contributed by atoms with van der Waals surface area (Å²) < 4.78 is 25.9. The summed E-state index contributed by atoms with van der Waals surface area (Å²) in [6, 6.07) is 7.29. The highest BCUT2D eigenvalue weighted by Crippen LogP contribution is 2.31. The molecule has 0 aliphatic carbocycles. The van der Waals surface area contributed by atoms with Gasteiger partial charge in [-0.2, -0.15) is 0 Å². The van der Waals surface area contributed by atoms with Crippen LogP contribution in [-0.4, -0.2) is 53.9 Å². The molecule has 142 valence electrons. The van der Waals surface area contributed by atoms with Crippen LogP contribution in [0.1, 0.15) is 37.3 Å². The molecular formula is C18H25N3O4S. The van der Waals surface area contributed by atoms with Crippen LogP contribution in [0.2, 0.25) is 0 Å². The van der Waals surface area contributed by atoms with Gasteiger partial charge in [0, 0.05) is 13.1 Å². The molecular weight excluding hydrogens is 354 g/mol. The second kappa shape index (κ2) is 7.00. The Morgan fingerprint density at radius 1 is 1.12 bits per heavy atom. The zero-order valence-corrected chi connectivity index (χ0v) is 16.0. The van der Waals surface area contributed by atoms with Gasteiger partial charge in [0.05, 0.1) is 12.3 Å². The molecule has 1 aromatic rings. The average molecular weight is 379 g/mol. The molecule has 7 nitrogen and oxygen atoms in total. The molecule has 2 fully saturated rings. The molecule has 3 amide bonds. The number of sulfonamides is 1. The van der Waals surface area contributed by atoms with Gasteiger partial charge in [0.25, 0.3) is 5.91 Å². The Labute approximate surface area is 154 Å². The maximum absolute atomic E-state index is 12.9. The van der Waals surface area contributed by atoms with Crippen LogP contribution in [0.4, 0.5) is 4.79 Å². The van der Waals surface area contributed by atoms with Crippen molar-refractivity contribution in [1.82, 2.24) is 14.5 Å². The van der Waals surface area contributed by atoms with Crippen LogP contribution in [0.3, 0.4) is 0 Å². The SMILES string of the molecule is CCCS(=O)(=O)N1CCC2(CC1)NC(=O)N(Cc1ccc(C)cc1)C2=O. The standard InChI is InChI=1S/C18H25N3O4S/c1-3-12-26(24,25)20-10-8-18(9-11-20)16(22)21(17(23)19-18)13-15-6-4-14(2)5-7-15/h4-7H,3,8-13H2,1-2H3,(H,19,23). The molecule has 8 heteroatoms. The molecule has 2 aliphatic heterocycles. The molecule has 1 N–H and O–H groups in total. The zero-order chi connectivity index (χ0) is 18.9. The average Bonchev–Trinajstić information content (AvgIpc) is 2.81. The summed E-state index contributed by atoms with van der Waals surface area (Å²) >= 11 is 0. The van der Waals surface area contributed by atoms with Gasteiger partial charge in [0.2, 0.25) is 10.0 Å². The smallest absolute Gasteiger partial charge is 0.323 e. The van der Waals surface area contributed by atoms with Crippen molar-refractivity contribution < 1.29 is 18.0 Å². The first-order valence-corrected chi connectivity index (χ1v) is 10.6. The van der Waals surface area contributed by atoms with Crippen molar-refractivity contribution in [3.8, 4) is 0 Å². The van der Waals surface area contributed by atoms with E-state index in [9.17, 15) is 18.0 Å². The molecule has 26 heavy (non-hydrogen) atoms. The van der Waals surface area contributed by atoms with Crippen LogP contribution in [0.15, 0.2) is 24.3 Å².